The van der Waals surface area contributed by atoms with Gasteiger partial charge in [0.2, 0.25) is 5.91 Å². The minimum atomic E-state index is -1.02. The van der Waals surface area contributed by atoms with Crippen LogP contribution in [0.5, 0.6) is 0 Å². The number of rotatable bonds is 6. The number of amides is 1. The van der Waals surface area contributed by atoms with Crippen molar-refractivity contribution in [1.82, 2.24) is 10.3 Å². The monoisotopic (exact) mass is 252 g/mol. The molecule has 0 spiro atoms. The minimum Gasteiger partial charge on any atom is -0.478 e. The first-order valence-corrected chi connectivity index (χ1v) is 5.82. The summed E-state index contributed by atoms with van der Waals surface area (Å²) in [5.41, 5.74) is 0.130. The molecule has 5 nitrogen and oxygen atoms in total. The first kappa shape index (κ1) is 13.2. The van der Waals surface area contributed by atoms with E-state index in [0.717, 1.165) is 0 Å². The zero-order valence-corrected chi connectivity index (χ0v) is 9.87. The third kappa shape index (κ3) is 4.69. The fraction of sp³-hybridized carbons (Fsp3) is 0.182. The van der Waals surface area contributed by atoms with Gasteiger partial charge in [-0.3, -0.25) is 4.79 Å². The minimum absolute atomic E-state index is 0.112. The molecular weight excluding hydrogens is 240 g/mol. The molecule has 0 aliphatic heterocycles. The number of hydrogen-bond acceptors (Lipinski definition) is 4. The summed E-state index contributed by atoms with van der Waals surface area (Å²) in [6.45, 7) is 3.92. The van der Waals surface area contributed by atoms with Crippen molar-refractivity contribution in [1.29, 1.82) is 0 Å². The van der Waals surface area contributed by atoms with Gasteiger partial charge in [-0.2, -0.15) is 0 Å². The van der Waals surface area contributed by atoms with E-state index >= 15 is 0 Å². The van der Waals surface area contributed by atoms with Crippen molar-refractivity contribution < 1.29 is 14.7 Å². The van der Waals surface area contributed by atoms with Crippen LogP contribution in [0.2, 0.25) is 0 Å². The van der Waals surface area contributed by atoms with Crippen LogP contribution >= 0.6 is 11.8 Å². The van der Waals surface area contributed by atoms with Gasteiger partial charge in [-0.15, -0.1) is 6.58 Å². The van der Waals surface area contributed by atoms with E-state index in [1.807, 2.05) is 0 Å². The summed E-state index contributed by atoms with van der Waals surface area (Å²) in [6.07, 6.45) is 2.87. The van der Waals surface area contributed by atoms with Gasteiger partial charge >= 0.3 is 5.97 Å². The third-order valence-corrected chi connectivity index (χ3v) is 2.72. The summed E-state index contributed by atoms with van der Waals surface area (Å²) in [5.74, 6) is -0.885. The molecule has 0 aliphatic rings. The molecule has 0 saturated carbocycles. The predicted octanol–water partition coefficient (Wildman–Crippen LogP) is 1.17. The van der Waals surface area contributed by atoms with E-state index in [4.69, 9.17) is 5.11 Å². The van der Waals surface area contributed by atoms with E-state index in [9.17, 15) is 9.59 Å². The second-order valence-electron chi connectivity index (χ2n) is 3.07. The zero-order valence-electron chi connectivity index (χ0n) is 9.05. The molecule has 90 valence electrons. The van der Waals surface area contributed by atoms with Gasteiger partial charge in [0.1, 0.15) is 0 Å². The number of carboxylic acid groups (broad SMARTS) is 1. The summed E-state index contributed by atoms with van der Waals surface area (Å²) >= 11 is 1.25. The van der Waals surface area contributed by atoms with Gasteiger partial charge in [0.25, 0.3) is 0 Å². The van der Waals surface area contributed by atoms with E-state index in [1.54, 1.807) is 12.1 Å². The number of aromatic nitrogens is 1. The smallest absolute Gasteiger partial charge is 0.337 e. The Bertz CT molecular complexity index is 417. The first-order valence-electron chi connectivity index (χ1n) is 4.83. The van der Waals surface area contributed by atoms with Crippen molar-refractivity contribution in [3.8, 4) is 0 Å². The van der Waals surface area contributed by atoms with Gasteiger partial charge in [-0.25, -0.2) is 9.78 Å². The number of aromatic carboxylic acids is 1. The number of thioether (sulfide) groups is 1. The van der Waals surface area contributed by atoms with Crippen LogP contribution in [0.4, 0.5) is 0 Å². The lowest BCUT2D eigenvalue weighted by atomic mass is 10.3. The van der Waals surface area contributed by atoms with Gasteiger partial charge in [-0.05, 0) is 12.1 Å². The van der Waals surface area contributed by atoms with Crippen molar-refractivity contribution in [2.75, 3.05) is 12.3 Å². The number of nitrogens with zero attached hydrogens (tertiary/aromatic N) is 1. The van der Waals surface area contributed by atoms with Crippen LogP contribution in [0.1, 0.15) is 10.4 Å². The number of pyridine rings is 1. The van der Waals surface area contributed by atoms with Crippen LogP contribution < -0.4 is 5.32 Å². The molecule has 0 radical (unpaired) electrons. The van der Waals surface area contributed by atoms with E-state index < -0.39 is 5.97 Å². The molecule has 0 saturated heterocycles. The Labute approximate surface area is 103 Å². The van der Waals surface area contributed by atoms with E-state index in [2.05, 4.69) is 16.9 Å². The van der Waals surface area contributed by atoms with Crippen molar-refractivity contribution in [2.24, 2.45) is 0 Å². The average Bonchev–Trinajstić information content (AvgIpc) is 2.34. The maximum Gasteiger partial charge on any atom is 0.337 e. The fourth-order valence-electron chi connectivity index (χ4n) is 0.969. The number of carboxylic acids is 1. The summed E-state index contributed by atoms with van der Waals surface area (Å²) in [6, 6.07) is 3.04. The first-order chi connectivity index (χ1) is 8.13. The van der Waals surface area contributed by atoms with Crippen LogP contribution in [-0.2, 0) is 4.79 Å². The lowest BCUT2D eigenvalue weighted by Gasteiger charge is -2.02. The molecule has 0 fully saturated rings. The molecule has 1 aromatic heterocycles. The highest BCUT2D eigenvalue weighted by Crippen LogP contribution is 2.14. The lowest BCUT2D eigenvalue weighted by Crippen LogP contribution is -2.24. The average molecular weight is 252 g/mol. The lowest BCUT2D eigenvalue weighted by molar-refractivity contribution is -0.118. The Morgan fingerprint density at radius 1 is 1.53 bits per heavy atom. The molecule has 1 heterocycles. The molecule has 6 heteroatoms. The maximum atomic E-state index is 11.2. The van der Waals surface area contributed by atoms with Crippen LogP contribution in [0.25, 0.3) is 0 Å². The Balaban J connectivity index is 2.44. The fourth-order valence-corrected chi connectivity index (χ4v) is 1.64. The summed E-state index contributed by atoms with van der Waals surface area (Å²) in [4.78, 5) is 25.8. The van der Waals surface area contributed by atoms with Gasteiger partial charge in [0.15, 0.2) is 0 Å². The molecule has 0 aliphatic carbocycles. The summed E-state index contributed by atoms with van der Waals surface area (Å²) in [5, 5.41) is 11.9. The van der Waals surface area contributed by atoms with Gasteiger partial charge in [-0.1, -0.05) is 17.8 Å². The highest BCUT2D eigenvalue weighted by molar-refractivity contribution is 7.99. The molecule has 1 aromatic rings. The second kappa shape index (κ2) is 6.70. The van der Waals surface area contributed by atoms with Crippen molar-refractivity contribution >= 4 is 23.6 Å². The number of hydrogen-bond donors (Lipinski definition) is 2. The van der Waals surface area contributed by atoms with Gasteiger partial charge in [0.05, 0.1) is 16.3 Å². The highest BCUT2D eigenvalue weighted by atomic mass is 32.2. The third-order valence-electron chi connectivity index (χ3n) is 1.78. The molecule has 0 atom stereocenters. The molecule has 0 bridgehead atoms. The largest absolute Gasteiger partial charge is 0.478 e. The van der Waals surface area contributed by atoms with Gasteiger partial charge < -0.3 is 10.4 Å². The standard InChI is InChI=1S/C11H12N2O3S/c1-2-5-12-9(14)7-17-10-4-3-8(6-13-10)11(15)16/h2-4,6H,1,5,7H2,(H,12,14)(H,15,16). The molecule has 0 aromatic carbocycles. The normalized spacial score (nSPS) is 9.65. The van der Waals surface area contributed by atoms with Crippen molar-refractivity contribution in [3.63, 3.8) is 0 Å². The number of carbonyl (C=O) groups is 2. The molecule has 1 amide bonds. The van der Waals surface area contributed by atoms with Crippen molar-refractivity contribution in [3.05, 3.63) is 36.5 Å². The molecule has 0 unspecified atom stereocenters. The Hall–Kier alpha value is -1.82. The second-order valence-corrected chi connectivity index (χ2v) is 4.07. The topological polar surface area (TPSA) is 79.3 Å². The predicted molar refractivity (Wildman–Crippen MR) is 65.1 cm³/mol. The van der Waals surface area contributed by atoms with Crippen LogP contribution in [0.3, 0.4) is 0 Å². The summed E-state index contributed by atoms with van der Waals surface area (Å²) in [7, 11) is 0. The van der Waals surface area contributed by atoms with E-state index in [1.165, 1.54) is 24.0 Å². The number of carbonyl (C=O) groups excluding carboxylic acids is 1. The molecule has 2 N–H and O–H groups in total. The Kier molecular flexibility index (Phi) is 5.22. The Morgan fingerprint density at radius 3 is 2.82 bits per heavy atom. The zero-order chi connectivity index (χ0) is 12.7. The quantitative estimate of drug-likeness (QED) is 0.587. The van der Waals surface area contributed by atoms with Crippen LogP contribution in [0.15, 0.2) is 36.0 Å². The molecule has 17 heavy (non-hydrogen) atoms. The van der Waals surface area contributed by atoms with Crippen LogP contribution in [-0.4, -0.2) is 34.3 Å². The van der Waals surface area contributed by atoms with E-state index in [0.29, 0.717) is 11.6 Å². The molecular formula is C11H12N2O3S. The maximum absolute atomic E-state index is 11.2. The van der Waals surface area contributed by atoms with Crippen LogP contribution in [0, 0.1) is 0 Å². The Morgan fingerprint density at radius 2 is 2.29 bits per heavy atom. The van der Waals surface area contributed by atoms with Crippen molar-refractivity contribution in [2.45, 2.75) is 5.03 Å². The van der Waals surface area contributed by atoms with Gasteiger partial charge in [0, 0.05) is 12.7 Å². The number of nitrogens with one attached hydrogen (secondary N) is 1. The summed E-state index contributed by atoms with van der Waals surface area (Å²) < 4.78 is 0. The SMILES string of the molecule is C=CCNC(=O)CSc1ccc(C(=O)O)cn1. The molecule has 1 rings (SSSR count). The highest BCUT2D eigenvalue weighted by Gasteiger charge is 2.05. The van der Waals surface area contributed by atoms with E-state index in [-0.39, 0.29) is 17.2 Å².